The molecular formula is C11H21NOS. The molecule has 1 heterocycles. The van der Waals surface area contributed by atoms with Crippen molar-refractivity contribution < 1.29 is 5.11 Å². The summed E-state index contributed by atoms with van der Waals surface area (Å²) in [6.45, 7) is 5.73. The van der Waals surface area contributed by atoms with Gasteiger partial charge in [0.1, 0.15) is 0 Å². The molecule has 2 fully saturated rings. The molecule has 1 aliphatic carbocycles. The third-order valence-electron chi connectivity index (χ3n) is 3.78. The molecule has 1 N–H and O–H groups in total. The van der Waals surface area contributed by atoms with Crippen molar-refractivity contribution in [3.05, 3.63) is 0 Å². The smallest absolute Gasteiger partial charge is 0.0583 e. The molecule has 14 heavy (non-hydrogen) atoms. The first-order valence-corrected chi connectivity index (χ1v) is 6.35. The molecule has 2 aliphatic rings. The van der Waals surface area contributed by atoms with Crippen molar-refractivity contribution in [3.63, 3.8) is 0 Å². The molecule has 2 nitrogen and oxygen atoms in total. The summed E-state index contributed by atoms with van der Waals surface area (Å²) >= 11 is 4.31. The van der Waals surface area contributed by atoms with Crippen molar-refractivity contribution >= 4 is 12.6 Å². The highest BCUT2D eigenvalue weighted by atomic mass is 32.1. The molecule has 3 heteroatoms. The van der Waals surface area contributed by atoms with Crippen LogP contribution in [0, 0.1) is 17.8 Å². The summed E-state index contributed by atoms with van der Waals surface area (Å²) in [4.78, 5) is 2.51. The number of nitrogens with zero attached hydrogens (tertiary/aromatic N) is 1. The predicted octanol–water partition coefficient (Wildman–Crippen LogP) is 1.25. The van der Waals surface area contributed by atoms with E-state index in [-0.39, 0.29) is 6.10 Å². The van der Waals surface area contributed by atoms with Crippen LogP contribution in [0.2, 0.25) is 0 Å². The quantitative estimate of drug-likeness (QED) is 0.692. The van der Waals surface area contributed by atoms with Crippen molar-refractivity contribution in [1.82, 2.24) is 4.90 Å². The van der Waals surface area contributed by atoms with E-state index in [1.54, 1.807) is 0 Å². The van der Waals surface area contributed by atoms with E-state index in [9.17, 15) is 5.11 Å². The molecule has 0 aromatic rings. The fourth-order valence-electron chi connectivity index (χ4n) is 2.98. The molecule has 2 rings (SSSR count). The molecule has 0 bridgehead atoms. The molecule has 0 aromatic carbocycles. The van der Waals surface area contributed by atoms with Crippen molar-refractivity contribution in [3.8, 4) is 0 Å². The highest BCUT2D eigenvalue weighted by Gasteiger charge is 2.41. The Balaban J connectivity index is 1.83. The maximum atomic E-state index is 9.77. The normalized spacial score (nSPS) is 40.1. The van der Waals surface area contributed by atoms with Crippen LogP contribution in [0.4, 0.5) is 0 Å². The minimum Gasteiger partial charge on any atom is -0.393 e. The molecule has 4 unspecified atom stereocenters. The second kappa shape index (κ2) is 4.42. The Hall–Kier alpha value is 0.270. The highest BCUT2D eigenvalue weighted by Crippen LogP contribution is 2.38. The maximum Gasteiger partial charge on any atom is 0.0583 e. The van der Waals surface area contributed by atoms with Crippen LogP contribution < -0.4 is 0 Å². The molecule has 1 saturated carbocycles. The predicted molar refractivity (Wildman–Crippen MR) is 61.7 cm³/mol. The largest absolute Gasteiger partial charge is 0.393 e. The SMILES string of the molecule is CC(CS)CN1CC2CCC(O)C2C1. The highest BCUT2D eigenvalue weighted by molar-refractivity contribution is 7.80. The average molecular weight is 215 g/mol. The topological polar surface area (TPSA) is 23.5 Å². The lowest BCUT2D eigenvalue weighted by atomic mass is 10.00. The number of fused-ring (bicyclic) bond motifs is 1. The second-order valence-electron chi connectivity index (χ2n) is 5.07. The van der Waals surface area contributed by atoms with Crippen LogP contribution in [0.5, 0.6) is 0 Å². The fraction of sp³-hybridized carbons (Fsp3) is 1.00. The van der Waals surface area contributed by atoms with Gasteiger partial charge in [0.15, 0.2) is 0 Å². The van der Waals surface area contributed by atoms with E-state index in [0.717, 1.165) is 31.2 Å². The molecule has 1 saturated heterocycles. The molecule has 1 aliphatic heterocycles. The number of aliphatic hydroxyl groups excluding tert-OH is 1. The van der Waals surface area contributed by atoms with E-state index in [4.69, 9.17) is 0 Å². The van der Waals surface area contributed by atoms with Gasteiger partial charge in [-0.05, 0) is 30.4 Å². The second-order valence-corrected chi connectivity index (χ2v) is 5.44. The van der Waals surface area contributed by atoms with E-state index >= 15 is 0 Å². The van der Waals surface area contributed by atoms with E-state index in [1.807, 2.05) is 0 Å². The minimum absolute atomic E-state index is 0.0173. The van der Waals surface area contributed by atoms with Crippen LogP contribution in [0.3, 0.4) is 0 Å². The number of aliphatic hydroxyl groups is 1. The number of thiol groups is 1. The average Bonchev–Trinajstić information content (AvgIpc) is 2.69. The molecular weight excluding hydrogens is 194 g/mol. The Bertz CT molecular complexity index is 200. The van der Waals surface area contributed by atoms with Crippen molar-refractivity contribution in [1.29, 1.82) is 0 Å². The first-order valence-electron chi connectivity index (χ1n) is 5.72. The molecule has 0 spiro atoms. The van der Waals surface area contributed by atoms with Gasteiger partial charge < -0.3 is 10.0 Å². The van der Waals surface area contributed by atoms with E-state index in [0.29, 0.717) is 11.8 Å². The van der Waals surface area contributed by atoms with Crippen LogP contribution >= 0.6 is 12.6 Å². The van der Waals surface area contributed by atoms with Gasteiger partial charge in [0.05, 0.1) is 6.10 Å². The Labute approximate surface area is 92.1 Å². The Morgan fingerprint density at radius 1 is 1.43 bits per heavy atom. The molecule has 0 amide bonds. The summed E-state index contributed by atoms with van der Waals surface area (Å²) in [6.07, 6.45) is 2.25. The van der Waals surface area contributed by atoms with Gasteiger partial charge in [-0.2, -0.15) is 12.6 Å². The third kappa shape index (κ3) is 2.10. The number of likely N-dealkylation sites (tertiary alicyclic amines) is 1. The van der Waals surface area contributed by atoms with E-state index < -0.39 is 0 Å². The summed E-state index contributed by atoms with van der Waals surface area (Å²) in [5.41, 5.74) is 0. The number of hydrogen-bond acceptors (Lipinski definition) is 3. The van der Waals surface area contributed by atoms with Crippen LogP contribution in [-0.2, 0) is 0 Å². The lowest BCUT2D eigenvalue weighted by Gasteiger charge is -2.21. The zero-order valence-electron chi connectivity index (χ0n) is 8.89. The zero-order chi connectivity index (χ0) is 10.1. The summed E-state index contributed by atoms with van der Waals surface area (Å²) in [5.74, 6) is 2.99. The Kier molecular flexibility index (Phi) is 3.40. The summed E-state index contributed by atoms with van der Waals surface area (Å²) in [5, 5.41) is 9.77. The van der Waals surface area contributed by atoms with Crippen molar-refractivity contribution in [2.75, 3.05) is 25.4 Å². The molecule has 4 atom stereocenters. The summed E-state index contributed by atoms with van der Waals surface area (Å²) in [7, 11) is 0. The Morgan fingerprint density at radius 3 is 2.86 bits per heavy atom. The number of hydrogen-bond donors (Lipinski definition) is 2. The first-order chi connectivity index (χ1) is 6.70. The number of rotatable bonds is 3. The van der Waals surface area contributed by atoms with Gasteiger partial charge >= 0.3 is 0 Å². The molecule has 0 aromatic heterocycles. The van der Waals surface area contributed by atoms with Gasteiger partial charge in [0.2, 0.25) is 0 Å². The van der Waals surface area contributed by atoms with Crippen molar-refractivity contribution in [2.24, 2.45) is 17.8 Å². The van der Waals surface area contributed by atoms with Crippen molar-refractivity contribution in [2.45, 2.75) is 25.9 Å². The maximum absolute atomic E-state index is 9.77. The van der Waals surface area contributed by atoms with Crippen LogP contribution in [0.1, 0.15) is 19.8 Å². The minimum atomic E-state index is -0.0173. The van der Waals surface area contributed by atoms with Gasteiger partial charge in [0, 0.05) is 25.6 Å². The monoisotopic (exact) mass is 215 g/mol. The summed E-state index contributed by atoms with van der Waals surface area (Å²) < 4.78 is 0. The lowest BCUT2D eigenvalue weighted by Crippen LogP contribution is -2.29. The lowest BCUT2D eigenvalue weighted by molar-refractivity contribution is 0.123. The van der Waals surface area contributed by atoms with Gasteiger partial charge in [0.25, 0.3) is 0 Å². The van der Waals surface area contributed by atoms with Gasteiger partial charge in [-0.15, -0.1) is 0 Å². The van der Waals surface area contributed by atoms with Crippen LogP contribution in [0.15, 0.2) is 0 Å². The standard InChI is InChI=1S/C11H21NOS/c1-8(7-14)4-12-5-9-2-3-11(13)10(9)6-12/h8-11,13-14H,2-7H2,1H3. The van der Waals surface area contributed by atoms with Gasteiger partial charge in [-0.1, -0.05) is 6.92 Å². The van der Waals surface area contributed by atoms with Gasteiger partial charge in [-0.25, -0.2) is 0 Å². The zero-order valence-corrected chi connectivity index (χ0v) is 9.79. The third-order valence-corrected chi connectivity index (χ3v) is 4.40. The Morgan fingerprint density at radius 2 is 2.21 bits per heavy atom. The molecule has 82 valence electrons. The fourth-order valence-corrected chi connectivity index (χ4v) is 3.09. The van der Waals surface area contributed by atoms with Crippen LogP contribution in [0.25, 0.3) is 0 Å². The van der Waals surface area contributed by atoms with Gasteiger partial charge in [-0.3, -0.25) is 0 Å². The van der Waals surface area contributed by atoms with Crippen LogP contribution in [-0.4, -0.2) is 41.5 Å². The summed E-state index contributed by atoms with van der Waals surface area (Å²) in [6, 6.07) is 0. The van der Waals surface area contributed by atoms with E-state index in [2.05, 4.69) is 24.5 Å². The first kappa shape index (κ1) is 10.8. The van der Waals surface area contributed by atoms with E-state index in [1.165, 1.54) is 13.0 Å². The molecule has 0 radical (unpaired) electrons.